The molecule has 2 nitrogen and oxygen atoms in total. The zero-order chi connectivity index (χ0) is 7.56. The summed E-state index contributed by atoms with van der Waals surface area (Å²) in [7, 11) is 2.78. The van der Waals surface area contributed by atoms with E-state index < -0.39 is 0 Å². The van der Waals surface area contributed by atoms with E-state index in [2.05, 4.69) is 14.1 Å². The van der Waals surface area contributed by atoms with Gasteiger partial charge in [-0.2, -0.15) is 0 Å². The molecule has 0 spiro atoms. The van der Waals surface area contributed by atoms with Crippen molar-refractivity contribution in [2.45, 2.75) is 5.59 Å². The molecule has 50 valence electrons. The van der Waals surface area contributed by atoms with Gasteiger partial charge in [-0.05, 0) is 0 Å². The first-order chi connectivity index (χ1) is 4.74. The van der Waals surface area contributed by atoms with Crippen molar-refractivity contribution in [3.05, 3.63) is 0 Å². The molecular formula is C5H11NOPRaRb. The van der Waals surface area contributed by atoms with E-state index in [0.717, 1.165) is 60.6 Å². The van der Waals surface area contributed by atoms with Crippen LogP contribution in [-0.4, -0.2) is 72.5 Å². The molecule has 0 aliphatic carbocycles. The van der Waals surface area contributed by atoms with Crippen LogP contribution in [0.15, 0.2) is 0 Å². The predicted molar refractivity (Wildman–Crippen MR) is 41.4 cm³/mol. The van der Waals surface area contributed by atoms with Gasteiger partial charge < -0.3 is 0 Å². The fourth-order valence-corrected chi connectivity index (χ4v) is 4.73. The Labute approximate surface area is 134 Å². The van der Waals surface area contributed by atoms with Gasteiger partial charge in [0.05, 0.1) is 0 Å². The molecule has 0 saturated carbocycles. The molecule has 5 heteroatoms. The van der Waals surface area contributed by atoms with E-state index in [1.54, 1.807) is 0 Å². The third-order valence-electron chi connectivity index (χ3n) is 2.29. The first-order valence-electron chi connectivity index (χ1n) is 3.76. The summed E-state index contributed by atoms with van der Waals surface area (Å²) in [4.78, 5) is 0. The molecule has 0 N–H and O–H groups in total. The Hall–Kier alpha value is 3.62. The van der Waals surface area contributed by atoms with E-state index in [4.69, 9.17) is 0.545 Å². The maximum absolute atomic E-state index is 5.57. The Balaban J connectivity index is 2.29. The molecule has 0 aromatic carbocycles. The van der Waals surface area contributed by atoms with Crippen LogP contribution in [0.1, 0.15) is 6.42 Å². The van der Waals surface area contributed by atoms with E-state index in [1.807, 2.05) is 0 Å². The number of hydrogen-bond donors (Lipinski definition) is 0. The van der Waals surface area contributed by atoms with Crippen LogP contribution < -0.4 is 0 Å². The third-order valence-corrected chi connectivity index (χ3v) is 18.8. The quantitative estimate of drug-likeness (QED) is 0.549. The summed E-state index contributed by atoms with van der Waals surface area (Å²) in [6.45, 7) is 2.51. The fourth-order valence-electron chi connectivity index (χ4n) is 1.39. The van der Waals surface area contributed by atoms with Gasteiger partial charge in [-0.3, -0.25) is 0 Å². The molecule has 0 radical (unpaired) electrons. The molecule has 0 amide bonds. The van der Waals surface area contributed by atoms with Crippen LogP contribution >= 0.6 is 9.39 Å². The van der Waals surface area contributed by atoms with Crippen LogP contribution in [0.3, 0.4) is 0 Å². The standard InChI is InChI=1S/C5H10NOP.Ra.Rb.H/c7-4-5-1-2-6(8)3-5;;;/h4-5H,1-3,8H2;;;/q-1;+1;;/t5-;;;/m0.../s1. The van der Waals surface area contributed by atoms with Crippen molar-refractivity contribution in [1.29, 1.82) is 0 Å². The topological polar surface area (TPSA) is 12.5 Å². The van der Waals surface area contributed by atoms with Crippen molar-refractivity contribution in [3.63, 3.8) is 0 Å². The van der Waals surface area contributed by atoms with Gasteiger partial charge in [0.1, 0.15) is 0 Å². The number of rotatable bonds is 2. The van der Waals surface area contributed by atoms with Crippen molar-refractivity contribution < 1.29 is 44.0 Å². The SMILES string of the molecule is PN1CC[C@H]([C@H]([Rb])[O][RaH])C1. The summed E-state index contributed by atoms with van der Waals surface area (Å²) in [5.41, 5.74) is 0. The molecule has 0 aromatic heterocycles. The van der Waals surface area contributed by atoms with Gasteiger partial charge >= 0.3 is 138 Å². The van der Waals surface area contributed by atoms with Crippen molar-refractivity contribution in [2.75, 3.05) is 13.1 Å². The normalized spacial score (nSPS) is 30.8. The first kappa shape index (κ1) is 11.7. The summed E-state index contributed by atoms with van der Waals surface area (Å²) < 4.78 is 8.64. The predicted octanol–water partition coefficient (Wildman–Crippen LogP) is -0.194. The molecule has 0 bridgehead atoms. The zero-order valence-corrected chi connectivity index (χ0v) is 21.0. The van der Waals surface area contributed by atoms with Crippen LogP contribution in [0.25, 0.3) is 0 Å². The average Bonchev–Trinajstić information content (AvgIpc) is 2.34. The Kier molecular flexibility index (Phi) is 7.22. The Morgan fingerprint density at radius 1 is 1.80 bits per heavy atom. The van der Waals surface area contributed by atoms with E-state index in [9.17, 15) is 0 Å². The van der Waals surface area contributed by atoms with Gasteiger partial charge in [-0.15, -0.1) is 0 Å². The molecule has 1 rings (SSSR count). The molecule has 1 fully saturated rings. The van der Waals surface area contributed by atoms with Gasteiger partial charge in [0.25, 0.3) is 0 Å². The van der Waals surface area contributed by atoms with Gasteiger partial charge in [-0.1, -0.05) is 0 Å². The van der Waals surface area contributed by atoms with Gasteiger partial charge in [0.15, 0.2) is 0 Å². The Morgan fingerprint density at radius 2 is 2.50 bits per heavy atom. The minimum absolute atomic E-state index is 0.332. The summed E-state index contributed by atoms with van der Waals surface area (Å²) >= 11 is 1.05. The van der Waals surface area contributed by atoms with Crippen LogP contribution in [-0.2, 0) is 0.545 Å². The first-order valence-corrected chi connectivity index (χ1v) is 10.5. The molecule has 3 atom stereocenters. The molecule has 1 unspecified atom stereocenters. The van der Waals surface area contributed by atoms with Crippen LogP contribution in [0.4, 0.5) is 0 Å². The second-order valence-electron chi connectivity index (χ2n) is 2.98. The average molecular weight is 444 g/mol. The fraction of sp³-hybridized carbons (Fsp3) is 1.00. The summed E-state index contributed by atoms with van der Waals surface area (Å²) in [6, 6.07) is 0. The van der Waals surface area contributed by atoms with E-state index in [1.165, 1.54) is 19.5 Å². The van der Waals surface area contributed by atoms with Gasteiger partial charge in [0.2, 0.25) is 0 Å². The Bertz CT molecular complexity index is 118. The molecule has 1 saturated heterocycles. The van der Waals surface area contributed by atoms with Crippen LogP contribution in [0.2, 0.25) is 0 Å². The minimum atomic E-state index is 0.332. The molecule has 0 aromatic rings. The second-order valence-corrected chi connectivity index (χ2v) is 8.45. The van der Waals surface area contributed by atoms with Crippen LogP contribution in [0.5, 0.6) is 0 Å². The van der Waals surface area contributed by atoms with Crippen molar-refractivity contribution >= 4 is 64.9 Å². The third kappa shape index (κ3) is 3.78. The van der Waals surface area contributed by atoms with Crippen LogP contribution in [0, 0.1) is 49.3 Å². The molecule has 1 heterocycles. The van der Waals surface area contributed by atoms with Crippen molar-refractivity contribution in [1.82, 2.24) is 4.67 Å². The molecule has 10 heavy (non-hydrogen) atoms. The monoisotopic (exact) mass is 443 g/mol. The van der Waals surface area contributed by atoms with E-state index in [0.29, 0.717) is 43.4 Å². The number of nitrogens with zero attached hydrogens (tertiary/aromatic N) is 1. The maximum atomic E-state index is 5.57. The van der Waals surface area contributed by atoms with Crippen molar-refractivity contribution in [3.8, 4) is 0 Å². The van der Waals surface area contributed by atoms with E-state index >= 15 is 0 Å². The van der Waals surface area contributed by atoms with Gasteiger partial charge in [-0.25, -0.2) is 0 Å². The summed E-state index contributed by atoms with van der Waals surface area (Å²) in [6.07, 6.45) is 1.37. The zero-order valence-electron chi connectivity index (χ0n) is 6.71. The number of hydrogen-bond acceptors (Lipinski definition) is 2. The van der Waals surface area contributed by atoms with E-state index in [-0.39, 0.29) is 0 Å². The van der Waals surface area contributed by atoms with Gasteiger partial charge in [0, 0.05) is 0 Å². The summed E-state index contributed by atoms with van der Waals surface area (Å²) in [5, 5.41) is 0. The second kappa shape index (κ2) is 6.17. The molecular weight excluding hydrogens is 433 g/mol. The molecule has 1 aliphatic heterocycles. The summed E-state index contributed by atoms with van der Waals surface area (Å²) in [5.74, 6) is 0.889. The molecule has 1 aliphatic rings. The Morgan fingerprint density at radius 3 is 2.90 bits per heavy atom. The van der Waals surface area contributed by atoms with Crippen molar-refractivity contribution in [2.24, 2.45) is 5.92 Å².